The molecule has 7 nitrogen and oxygen atoms in total. The predicted octanol–water partition coefficient (Wildman–Crippen LogP) is 5.82. The van der Waals surface area contributed by atoms with Crippen molar-refractivity contribution in [3.8, 4) is 11.5 Å². The van der Waals surface area contributed by atoms with Crippen LogP contribution in [0.2, 0.25) is 0 Å². The maximum absolute atomic E-state index is 12.5. The lowest BCUT2D eigenvalue weighted by Gasteiger charge is -2.48. The molecule has 0 aromatic heterocycles. The van der Waals surface area contributed by atoms with Gasteiger partial charge in [-0.1, -0.05) is 41.0 Å². The Hall–Kier alpha value is -1.64. The van der Waals surface area contributed by atoms with Gasteiger partial charge in [0.1, 0.15) is 11.5 Å². The summed E-state index contributed by atoms with van der Waals surface area (Å²) in [4.78, 5) is 14.9. The Balaban J connectivity index is 0.000000454. The molecule has 1 N–H and O–H groups in total. The second-order valence-corrected chi connectivity index (χ2v) is 11.7. The van der Waals surface area contributed by atoms with Crippen LogP contribution >= 0.6 is 0 Å². The van der Waals surface area contributed by atoms with E-state index in [4.69, 9.17) is 8.92 Å². The molecule has 3 aliphatic carbocycles. The first kappa shape index (κ1) is 28.9. The summed E-state index contributed by atoms with van der Waals surface area (Å²) in [5, 5.41) is 0. The van der Waals surface area contributed by atoms with Crippen LogP contribution in [0.25, 0.3) is 0 Å². The van der Waals surface area contributed by atoms with E-state index in [2.05, 4.69) is 39.5 Å². The molecule has 4 rings (SSSR count). The summed E-state index contributed by atoms with van der Waals surface area (Å²) in [6, 6.07) is 3.59. The van der Waals surface area contributed by atoms with Crippen molar-refractivity contribution in [2.45, 2.75) is 91.9 Å². The number of benzene rings is 1. The van der Waals surface area contributed by atoms with Crippen molar-refractivity contribution in [3.05, 3.63) is 23.3 Å². The zero-order valence-corrected chi connectivity index (χ0v) is 23.5. The number of hydrogen-bond acceptors (Lipinski definition) is 6. The van der Waals surface area contributed by atoms with Crippen molar-refractivity contribution >= 4 is 16.2 Å². The number of Topliss-reactive ketones (excluding diaryl/α,β-unsaturated/α-hetero) is 1. The molecular weight excluding hydrogens is 478 g/mol. The second-order valence-electron chi connectivity index (χ2n) is 10.7. The molecule has 8 heteroatoms. The van der Waals surface area contributed by atoms with Gasteiger partial charge in [0.2, 0.25) is 0 Å². The van der Waals surface area contributed by atoms with Gasteiger partial charge in [0.25, 0.3) is 0 Å². The quantitative estimate of drug-likeness (QED) is 0.322. The van der Waals surface area contributed by atoms with Crippen molar-refractivity contribution in [1.82, 2.24) is 4.90 Å². The van der Waals surface area contributed by atoms with Crippen LogP contribution in [0.1, 0.15) is 96.6 Å². The maximum atomic E-state index is 12.5. The minimum atomic E-state index is -4.64. The average molecular weight is 524 g/mol. The lowest BCUT2D eigenvalue weighted by molar-refractivity contribution is -0.129. The number of carbonyl (C=O) groups is 1. The highest BCUT2D eigenvalue weighted by Gasteiger charge is 2.55. The molecule has 0 bridgehead atoms. The monoisotopic (exact) mass is 523 g/mol. The largest absolute Gasteiger partial charge is 0.493 e. The molecule has 2 fully saturated rings. The molecule has 204 valence electrons. The molecule has 0 radical (unpaired) electrons. The van der Waals surface area contributed by atoms with Gasteiger partial charge in [-0.2, -0.15) is 8.42 Å². The molecular formula is C28H45NO6S. The van der Waals surface area contributed by atoms with E-state index in [1.807, 2.05) is 6.07 Å². The van der Waals surface area contributed by atoms with Gasteiger partial charge in [-0.25, -0.2) is 0 Å². The third-order valence-corrected chi connectivity index (χ3v) is 9.16. The molecule has 1 aromatic rings. The van der Waals surface area contributed by atoms with Crippen molar-refractivity contribution in [2.75, 3.05) is 26.2 Å². The van der Waals surface area contributed by atoms with E-state index in [9.17, 15) is 17.8 Å². The third kappa shape index (κ3) is 6.43. The van der Waals surface area contributed by atoms with Crippen molar-refractivity contribution in [3.63, 3.8) is 0 Å². The number of ketones is 1. The summed E-state index contributed by atoms with van der Waals surface area (Å²) in [6.07, 6.45) is 6.89. The number of rotatable bonds is 9. The number of carbonyl (C=O) groups excluding carboxylic acids is 1. The third-order valence-electron chi connectivity index (χ3n) is 8.77. The first-order chi connectivity index (χ1) is 17.1. The number of nitrogens with zero attached hydrogens (tertiary/aromatic N) is 1. The summed E-state index contributed by atoms with van der Waals surface area (Å²) >= 11 is 0. The Morgan fingerprint density at radius 3 is 2.33 bits per heavy atom. The molecule has 0 unspecified atom stereocenters. The maximum Gasteiger partial charge on any atom is 0.446 e. The Bertz CT molecular complexity index is 1000. The van der Waals surface area contributed by atoms with Crippen LogP contribution in [-0.4, -0.2) is 49.9 Å². The molecule has 36 heavy (non-hydrogen) atoms. The summed E-state index contributed by atoms with van der Waals surface area (Å²) in [5.74, 6) is 1.94. The number of fused-ring (bicyclic) bond motifs is 5. The van der Waals surface area contributed by atoms with Gasteiger partial charge >= 0.3 is 10.4 Å². The molecule has 0 aliphatic heterocycles. The molecule has 0 heterocycles. The number of unbranched alkanes of at least 4 members (excludes halogenated alkanes) is 1. The van der Waals surface area contributed by atoms with Gasteiger partial charge < -0.3 is 13.8 Å². The van der Waals surface area contributed by atoms with E-state index in [0.29, 0.717) is 36.4 Å². The summed E-state index contributed by atoms with van der Waals surface area (Å²) in [7, 11) is -4.64. The first-order valence-corrected chi connectivity index (χ1v) is 15.2. The minimum Gasteiger partial charge on any atom is -0.493 e. The standard InChI is InChI=1S/C22H30O6S.C6H15N/c1-3-4-11-27-15-12-14-5-6-16-17(21(14)19(13-15)28-29(24,25)26)9-10-22(2)18(16)7-8-20(22)23;1-4-7(5-2)6-3/h12-13,16-18H,3-11H2,1-2H3,(H,24,25,26);4-6H2,1-3H3/t16-,17+,18+,22+;/m1./s1. The minimum absolute atomic E-state index is 0.143. The number of aryl methyl sites for hydroxylation is 1. The van der Waals surface area contributed by atoms with Crippen molar-refractivity contribution in [1.29, 1.82) is 0 Å². The molecule has 4 atom stereocenters. The van der Waals surface area contributed by atoms with E-state index in [0.717, 1.165) is 56.1 Å². The Morgan fingerprint density at radius 1 is 1.06 bits per heavy atom. The van der Waals surface area contributed by atoms with Crippen molar-refractivity contribution in [2.24, 2.45) is 17.3 Å². The van der Waals surface area contributed by atoms with Crippen LogP contribution in [0.5, 0.6) is 11.5 Å². The zero-order chi connectivity index (χ0) is 26.5. The lowest BCUT2D eigenvalue weighted by atomic mass is 9.55. The van der Waals surface area contributed by atoms with Crippen LogP contribution < -0.4 is 8.92 Å². The Labute approximate surface area is 217 Å². The molecule has 3 aliphatic rings. The predicted molar refractivity (Wildman–Crippen MR) is 142 cm³/mol. The second kappa shape index (κ2) is 12.3. The summed E-state index contributed by atoms with van der Waals surface area (Å²) in [5.41, 5.74) is 1.67. The fourth-order valence-corrected chi connectivity index (χ4v) is 7.06. The van der Waals surface area contributed by atoms with Crippen LogP contribution in [0.3, 0.4) is 0 Å². The number of hydrogen-bond donors (Lipinski definition) is 1. The van der Waals surface area contributed by atoms with E-state index >= 15 is 0 Å². The fraction of sp³-hybridized carbons (Fsp3) is 0.750. The molecule has 2 saturated carbocycles. The summed E-state index contributed by atoms with van der Waals surface area (Å²) < 4.78 is 43.3. The number of ether oxygens (including phenoxy) is 1. The van der Waals surface area contributed by atoms with Gasteiger partial charge in [0, 0.05) is 23.5 Å². The SMILES string of the molecule is CCCCOc1cc2c(c(OS(=O)(=O)O)c1)[C@H]1CC[C@]3(C)C(=O)CC[C@H]3[C@@H]1CC2.CCN(CC)CC. The first-order valence-electron chi connectivity index (χ1n) is 13.8. The molecule has 1 aromatic carbocycles. The normalized spacial score (nSPS) is 27.0. The van der Waals surface area contributed by atoms with Gasteiger partial charge in [-0.15, -0.1) is 0 Å². The van der Waals surface area contributed by atoms with Crippen LogP contribution in [0.15, 0.2) is 12.1 Å². The van der Waals surface area contributed by atoms with E-state index < -0.39 is 10.4 Å². The van der Waals surface area contributed by atoms with Crippen LogP contribution in [-0.2, 0) is 21.6 Å². The Morgan fingerprint density at radius 2 is 1.75 bits per heavy atom. The van der Waals surface area contributed by atoms with Crippen LogP contribution in [0.4, 0.5) is 0 Å². The van der Waals surface area contributed by atoms with Gasteiger partial charge in [0.05, 0.1) is 6.61 Å². The highest BCUT2D eigenvalue weighted by Crippen LogP contribution is 2.60. The zero-order valence-electron chi connectivity index (χ0n) is 22.7. The highest BCUT2D eigenvalue weighted by molar-refractivity contribution is 7.81. The van der Waals surface area contributed by atoms with E-state index in [1.165, 1.54) is 19.6 Å². The van der Waals surface area contributed by atoms with Crippen molar-refractivity contribution < 1.29 is 26.7 Å². The van der Waals surface area contributed by atoms with Gasteiger partial charge in [-0.3, -0.25) is 9.35 Å². The Kier molecular flexibility index (Phi) is 9.86. The van der Waals surface area contributed by atoms with Gasteiger partial charge in [0.15, 0.2) is 5.75 Å². The lowest BCUT2D eigenvalue weighted by Crippen LogP contribution is -2.42. The molecule has 0 amide bonds. The average Bonchev–Trinajstić information content (AvgIpc) is 3.14. The fourth-order valence-electron chi connectivity index (χ4n) is 6.70. The smallest absolute Gasteiger partial charge is 0.446 e. The molecule has 0 saturated heterocycles. The van der Waals surface area contributed by atoms with Gasteiger partial charge in [-0.05, 0) is 87.5 Å². The van der Waals surface area contributed by atoms with E-state index in [-0.39, 0.29) is 17.1 Å². The van der Waals surface area contributed by atoms with Crippen LogP contribution in [0, 0.1) is 17.3 Å². The van der Waals surface area contributed by atoms with E-state index in [1.54, 1.807) is 6.07 Å². The summed E-state index contributed by atoms with van der Waals surface area (Å²) in [6.45, 7) is 14.9. The topological polar surface area (TPSA) is 93.1 Å². The highest BCUT2D eigenvalue weighted by atomic mass is 32.3. The molecule has 0 spiro atoms.